The summed E-state index contributed by atoms with van der Waals surface area (Å²) < 4.78 is 96.8. The summed E-state index contributed by atoms with van der Waals surface area (Å²) in [7, 11) is -8.14. The lowest BCUT2D eigenvalue weighted by Crippen LogP contribution is -2.48. The lowest BCUT2D eigenvalue weighted by atomic mass is 10.0. The lowest BCUT2D eigenvalue weighted by Gasteiger charge is -2.34. The third kappa shape index (κ3) is 8.58. The van der Waals surface area contributed by atoms with E-state index >= 15 is 4.39 Å². The summed E-state index contributed by atoms with van der Waals surface area (Å²) in [5, 5.41) is 17.8. The average molecular weight is 759 g/mol. The number of hydrogen-bond acceptors (Lipinski definition) is 11. The van der Waals surface area contributed by atoms with Gasteiger partial charge in [-0.2, -0.15) is 4.31 Å². The van der Waals surface area contributed by atoms with Gasteiger partial charge in [0, 0.05) is 44.5 Å². The minimum atomic E-state index is -4.88. The molecule has 0 saturated carbocycles. The Labute approximate surface area is 300 Å². The number of rotatable bonds is 10. The van der Waals surface area contributed by atoms with Crippen molar-refractivity contribution >= 4 is 48.8 Å². The van der Waals surface area contributed by atoms with Crippen LogP contribution < -0.4 is 20.3 Å². The first kappa shape index (κ1) is 36.9. The Morgan fingerprint density at radius 1 is 0.942 bits per heavy atom. The zero-order valence-electron chi connectivity index (χ0n) is 28.1. The molecule has 0 amide bonds. The second-order valence-corrected chi connectivity index (χ2v) is 15.9. The topological polar surface area (TPSA) is 160 Å². The number of piperazine rings is 1. The molecule has 276 valence electrons. The Morgan fingerprint density at radius 2 is 1.65 bits per heavy atom. The molecule has 2 fully saturated rings. The van der Waals surface area contributed by atoms with Gasteiger partial charge in [0.1, 0.15) is 29.0 Å². The average Bonchev–Trinajstić information content (AvgIpc) is 3.63. The summed E-state index contributed by atoms with van der Waals surface area (Å²) in [5.74, 6) is -3.00. The zero-order chi connectivity index (χ0) is 37.0. The van der Waals surface area contributed by atoms with Crippen LogP contribution in [0, 0.1) is 17.5 Å². The van der Waals surface area contributed by atoms with Gasteiger partial charge in [0.25, 0.3) is 10.0 Å². The number of nitrogens with one attached hydrogen (secondary N) is 3. The van der Waals surface area contributed by atoms with Crippen molar-refractivity contribution in [3.05, 3.63) is 108 Å². The van der Waals surface area contributed by atoms with Gasteiger partial charge in [-0.3, -0.25) is 9.62 Å². The molecule has 0 unspecified atom stereocenters. The maximum atomic E-state index is 15.0. The Hall–Kier alpha value is -4.91. The molecule has 6 rings (SSSR count). The quantitative estimate of drug-likeness (QED) is 0.221. The van der Waals surface area contributed by atoms with Crippen LogP contribution in [0.5, 0.6) is 0 Å². The molecular weight excluding hydrogens is 722 g/mol. The highest BCUT2D eigenvalue weighted by molar-refractivity contribution is 7.92. The van der Waals surface area contributed by atoms with Crippen molar-refractivity contribution in [2.45, 2.75) is 17.7 Å². The molecule has 0 bridgehead atoms. The van der Waals surface area contributed by atoms with E-state index in [1.54, 1.807) is 24.4 Å². The van der Waals surface area contributed by atoms with Crippen LogP contribution in [0.2, 0.25) is 0 Å². The molecule has 0 aliphatic carbocycles. The van der Waals surface area contributed by atoms with Crippen LogP contribution in [0.3, 0.4) is 0 Å². The fraction of sp³-hybridized carbons (Fsp3) is 0.294. The van der Waals surface area contributed by atoms with Gasteiger partial charge in [-0.15, -0.1) is 0 Å². The second-order valence-electron chi connectivity index (χ2n) is 12.3. The molecule has 0 spiro atoms. The number of aliphatic imine (C=N–C) groups is 1. The van der Waals surface area contributed by atoms with Gasteiger partial charge in [0.15, 0.2) is 4.90 Å². The molecule has 1 aromatic heterocycles. The molecular formula is C34H37F3N8O5S2. The number of guanidine groups is 1. The number of allylic oxidation sites excluding steroid dienone is 2. The second kappa shape index (κ2) is 15.4. The van der Waals surface area contributed by atoms with Gasteiger partial charge < -0.3 is 20.6 Å². The lowest BCUT2D eigenvalue weighted by molar-refractivity contribution is 0.376. The number of anilines is 3. The number of aromatic nitrogens is 1. The normalized spacial score (nSPS) is 18.6. The predicted octanol–water partition coefficient (Wildman–Crippen LogP) is 4.22. The monoisotopic (exact) mass is 758 g/mol. The van der Waals surface area contributed by atoms with Crippen molar-refractivity contribution in [3.63, 3.8) is 0 Å². The molecule has 3 aliphatic rings. The number of likely N-dealkylation sites (tertiary alicyclic amines) is 1. The first-order valence-electron chi connectivity index (χ1n) is 16.4. The standard InChI is InChI=1S/C34H37F3N8O5S2/c1-51(47,48)45-19-17-44(18-20-45)31-10-8-24(22-39-31)40-34-38-13-11-29(41-34)32(46)25(12-16-43-14-2-3-15-43)23-7-9-26(35)30(21-23)42-52(49,50)33-27(36)5-4-6-28(33)37/h4-13,21-22,42,46H,2-3,14-20H2,1H3,(H2,38,40,41). The number of nitrogens with zero attached hydrogens (tertiary/aromatic N) is 5. The first-order chi connectivity index (χ1) is 24.8. The molecule has 4 N–H and O–H groups in total. The predicted molar refractivity (Wildman–Crippen MR) is 193 cm³/mol. The van der Waals surface area contributed by atoms with Crippen LogP contribution in [-0.2, 0) is 20.0 Å². The van der Waals surface area contributed by atoms with Gasteiger partial charge in [-0.05, 0) is 74.0 Å². The van der Waals surface area contributed by atoms with Crippen molar-refractivity contribution < 1.29 is 35.1 Å². The van der Waals surface area contributed by atoms with Crippen molar-refractivity contribution in [2.24, 2.45) is 4.99 Å². The molecule has 2 saturated heterocycles. The van der Waals surface area contributed by atoms with Crippen LogP contribution >= 0.6 is 0 Å². The number of hydrogen-bond donors (Lipinski definition) is 4. The SMILES string of the molecule is CS(=O)(=O)N1CCN(c2ccc(NC3=NC=CC(=C(O)C(=CCN4CCCC4)c4ccc(F)c(NS(=O)(=O)c5c(F)cccc5F)c4)N3)cn2)CC1. The first-order valence-corrected chi connectivity index (χ1v) is 19.7. The van der Waals surface area contributed by atoms with Crippen LogP contribution in [0.4, 0.5) is 30.4 Å². The van der Waals surface area contributed by atoms with E-state index in [4.69, 9.17) is 0 Å². The largest absolute Gasteiger partial charge is 0.505 e. The zero-order valence-corrected chi connectivity index (χ0v) is 29.7. The maximum Gasteiger partial charge on any atom is 0.267 e. The molecule has 13 nitrogen and oxygen atoms in total. The van der Waals surface area contributed by atoms with E-state index in [2.05, 4.69) is 25.5 Å². The molecule has 18 heteroatoms. The Bertz CT molecular complexity index is 2140. The van der Waals surface area contributed by atoms with Crippen molar-refractivity contribution in [1.29, 1.82) is 0 Å². The van der Waals surface area contributed by atoms with Crippen LogP contribution in [0.25, 0.3) is 5.57 Å². The summed E-state index contributed by atoms with van der Waals surface area (Å²) >= 11 is 0. The fourth-order valence-corrected chi connectivity index (χ4v) is 8.03. The van der Waals surface area contributed by atoms with Crippen molar-refractivity contribution in [1.82, 2.24) is 19.5 Å². The summed E-state index contributed by atoms with van der Waals surface area (Å²) in [6, 6.07) is 9.66. The highest BCUT2D eigenvalue weighted by atomic mass is 32.2. The summed E-state index contributed by atoms with van der Waals surface area (Å²) in [5.41, 5.74) is 0.680. The van der Waals surface area contributed by atoms with E-state index in [-0.39, 0.29) is 28.6 Å². The maximum absolute atomic E-state index is 15.0. The summed E-state index contributed by atoms with van der Waals surface area (Å²) in [4.78, 5) is 11.7. The highest BCUT2D eigenvalue weighted by Crippen LogP contribution is 2.30. The van der Waals surface area contributed by atoms with E-state index in [0.717, 1.165) is 56.3 Å². The smallest absolute Gasteiger partial charge is 0.267 e. The molecule has 3 aliphatic heterocycles. The Morgan fingerprint density at radius 3 is 2.31 bits per heavy atom. The molecule has 0 radical (unpaired) electrons. The van der Waals surface area contributed by atoms with E-state index in [9.17, 15) is 30.7 Å². The third-order valence-corrected chi connectivity index (χ3v) is 11.4. The van der Waals surface area contributed by atoms with E-state index < -0.39 is 48.1 Å². The van der Waals surface area contributed by atoms with Gasteiger partial charge in [-0.25, -0.2) is 40.0 Å². The molecule has 0 atom stereocenters. The van der Waals surface area contributed by atoms with E-state index in [0.29, 0.717) is 44.2 Å². The molecule has 3 aromatic rings. The molecule has 2 aromatic carbocycles. The number of pyridine rings is 1. The summed E-state index contributed by atoms with van der Waals surface area (Å²) in [6.45, 7) is 3.83. The van der Waals surface area contributed by atoms with Gasteiger partial charge >= 0.3 is 0 Å². The van der Waals surface area contributed by atoms with E-state index in [1.807, 2.05) is 9.62 Å². The minimum absolute atomic E-state index is 0.221. The number of aliphatic hydroxyl groups excluding tert-OH is 1. The van der Waals surface area contributed by atoms with E-state index in [1.165, 1.54) is 28.9 Å². The van der Waals surface area contributed by atoms with Gasteiger partial charge in [0.05, 0.1) is 29.5 Å². The highest BCUT2D eigenvalue weighted by Gasteiger charge is 2.27. The van der Waals surface area contributed by atoms with Crippen LogP contribution in [0.15, 0.2) is 94.4 Å². The fourth-order valence-electron chi connectivity index (χ4n) is 6.01. The third-order valence-electron chi connectivity index (χ3n) is 8.71. The van der Waals surface area contributed by atoms with Gasteiger partial charge in [0.2, 0.25) is 16.0 Å². The van der Waals surface area contributed by atoms with Crippen molar-refractivity contribution in [2.75, 3.05) is 67.0 Å². The number of sulfonamides is 2. The number of benzene rings is 2. The number of halogens is 3. The molecule has 4 heterocycles. The minimum Gasteiger partial charge on any atom is -0.505 e. The number of aliphatic hydroxyl groups is 1. The van der Waals surface area contributed by atoms with Crippen molar-refractivity contribution in [3.8, 4) is 0 Å². The van der Waals surface area contributed by atoms with Crippen LogP contribution in [0.1, 0.15) is 18.4 Å². The molecule has 52 heavy (non-hydrogen) atoms. The Balaban J connectivity index is 1.22. The van der Waals surface area contributed by atoms with Gasteiger partial charge in [-0.1, -0.05) is 18.2 Å². The van der Waals surface area contributed by atoms with Crippen LogP contribution in [-0.4, -0.2) is 94.2 Å². The Kier molecular flexibility index (Phi) is 10.9. The summed E-state index contributed by atoms with van der Waals surface area (Å²) in [6.07, 6.45) is 9.53.